The summed E-state index contributed by atoms with van der Waals surface area (Å²) in [5.41, 5.74) is 10.7. The number of rotatable bonds is 5. The minimum absolute atomic E-state index is 0.321. The maximum absolute atomic E-state index is 12.4. The molecule has 0 aliphatic heterocycles. The lowest BCUT2D eigenvalue weighted by atomic mass is 10.0. The highest BCUT2D eigenvalue weighted by atomic mass is 32.1. The van der Waals surface area contributed by atoms with Crippen molar-refractivity contribution in [3.8, 4) is 0 Å². The average molecular weight is 317 g/mol. The fourth-order valence-corrected chi connectivity index (χ4v) is 2.97. The summed E-state index contributed by atoms with van der Waals surface area (Å²) in [4.78, 5) is 23.9. The van der Waals surface area contributed by atoms with Gasteiger partial charge in [-0.3, -0.25) is 9.59 Å². The van der Waals surface area contributed by atoms with E-state index in [1.54, 1.807) is 0 Å². The van der Waals surface area contributed by atoms with Crippen molar-refractivity contribution in [1.29, 1.82) is 0 Å². The predicted octanol–water partition coefficient (Wildman–Crippen LogP) is 0.591. The molecule has 0 bridgehead atoms. The van der Waals surface area contributed by atoms with Gasteiger partial charge in [0.15, 0.2) is 0 Å². The molecule has 114 valence electrons. The molecule has 1 aromatic heterocycles. The Morgan fingerprint density at radius 3 is 2.41 bits per heavy atom. The Morgan fingerprint density at radius 2 is 1.91 bits per heavy atom. The van der Waals surface area contributed by atoms with Gasteiger partial charge in [0.05, 0.1) is 0 Å². The molecule has 1 saturated carbocycles. The molecule has 22 heavy (non-hydrogen) atoms. The zero-order valence-corrected chi connectivity index (χ0v) is 12.5. The average Bonchev–Trinajstić information content (AvgIpc) is 3.23. The fraction of sp³-hybridized carbons (Fsp3) is 0.286. The van der Waals surface area contributed by atoms with Gasteiger partial charge in [0, 0.05) is 0 Å². The number of primary amides is 1. The number of benzene rings is 1. The molecule has 1 atom stereocenters. The fourth-order valence-electron chi connectivity index (χ4n) is 2.28. The summed E-state index contributed by atoms with van der Waals surface area (Å²) in [6.07, 6.45) is 0.960. The van der Waals surface area contributed by atoms with Crippen LogP contribution in [0.2, 0.25) is 0 Å². The van der Waals surface area contributed by atoms with Gasteiger partial charge in [-0.2, -0.15) is 0 Å². The van der Waals surface area contributed by atoms with E-state index in [9.17, 15) is 9.59 Å². The van der Waals surface area contributed by atoms with Gasteiger partial charge < -0.3 is 16.8 Å². The van der Waals surface area contributed by atoms with Gasteiger partial charge in [0.25, 0.3) is 0 Å². The Labute approximate surface area is 130 Å². The first-order valence-electron chi connectivity index (χ1n) is 6.77. The summed E-state index contributed by atoms with van der Waals surface area (Å²) < 4.78 is 0. The van der Waals surface area contributed by atoms with Crippen molar-refractivity contribution in [2.75, 3.05) is 5.73 Å². The van der Waals surface area contributed by atoms with E-state index in [4.69, 9.17) is 11.5 Å². The Morgan fingerprint density at radius 1 is 1.23 bits per heavy atom. The molecule has 1 fully saturated rings. The summed E-state index contributed by atoms with van der Waals surface area (Å²) >= 11 is 1.20. The van der Waals surface area contributed by atoms with Crippen LogP contribution in [0, 0.1) is 5.41 Å². The molecule has 1 unspecified atom stereocenters. The van der Waals surface area contributed by atoms with Gasteiger partial charge in [-0.1, -0.05) is 41.7 Å². The maximum Gasteiger partial charge on any atom is 0.236 e. The molecule has 0 saturated heterocycles. The molecule has 0 spiro atoms. The van der Waals surface area contributed by atoms with Crippen LogP contribution in [-0.4, -0.2) is 22.0 Å². The minimum Gasteiger partial charge on any atom is -0.374 e. The summed E-state index contributed by atoms with van der Waals surface area (Å²) in [6.45, 7) is 0. The number of carbonyl (C=O) groups excluding carboxylic acids is 2. The van der Waals surface area contributed by atoms with E-state index >= 15 is 0 Å². The first kappa shape index (κ1) is 14.5. The Bertz CT molecular complexity index is 711. The molecular weight excluding hydrogens is 302 g/mol. The zero-order chi connectivity index (χ0) is 15.7. The topological polar surface area (TPSA) is 124 Å². The first-order chi connectivity index (χ1) is 10.5. The monoisotopic (exact) mass is 317 g/mol. The summed E-state index contributed by atoms with van der Waals surface area (Å²) in [5.74, 6) is -0.962. The van der Waals surface area contributed by atoms with E-state index < -0.39 is 17.4 Å². The highest BCUT2D eigenvalue weighted by molar-refractivity contribution is 7.15. The van der Waals surface area contributed by atoms with Gasteiger partial charge in [-0.05, 0) is 18.4 Å². The Hall–Kier alpha value is -2.48. The SMILES string of the molecule is NC(=O)C1(C(=O)NC(c2ccccc2)c2nnc(N)s2)CC1. The second kappa shape index (κ2) is 5.38. The number of aromatic nitrogens is 2. The predicted molar refractivity (Wildman–Crippen MR) is 81.6 cm³/mol. The number of hydrogen-bond donors (Lipinski definition) is 3. The normalized spacial score (nSPS) is 16.7. The van der Waals surface area contributed by atoms with Crippen LogP contribution in [0.4, 0.5) is 5.13 Å². The van der Waals surface area contributed by atoms with Crippen molar-refractivity contribution < 1.29 is 9.59 Å². The lowest BCUT2D eigenvalue weighted by Gasteiger charge is -2.19. The second-order valence-corrected chi connectivity index (χ2v) is 6.28. The van der Waals surface area contributed by atoms with Crippen LogP contribution in [0.15, 0.2) is 30.3 Å². The van der Waals surface area contributed by atoms with Crippen LogP contribution < -0.4 is 16.8 Å². The van der Waals surface area contributed by atoms with E-state index in [2.05, 4.69) is 15.5 Å². The molecule has 3 rings (SSSR count). The number of carbonyl (C=O) groups is 2. The highest BCUT2D eigenvalue weighted by Gasteiger charge is 2.55. The van der Waals surface area contributed by atoms with E-state index in [0.29, 0.717) is 23.0 Å². The third-order valence-electron chi connectivity index (χ3n) is 3.77. The lowest BCUT2D eigenvalue weighted by molar-refractivity contribution is -0.135. The molecule has 7 nitrogen and oxygen atoms in total. The Kier molecular flexibility index (Phi) is 3.53. The van der Waals surface area contributed by atoms with Crippen molar-refractivity contribution in [1.82, 2.24) is 15.5 Å². The molecule has 8 heteroatoms. The van der Waals surface area contributed by atoms with Crippen LogP contribution in [0.5, 0.6) is 0 Å². The smallest absolute Gasteiger partial charge is 0.236 e. The molecule has 1 aliphatic carbocycles. The number of anilines is 1. The third-order valence-corrected chi connectivity index (χ3v) is 4.59. The van der Waals surface area contributed by atoms with Gasteiger partial charge in [0.1, 0.15) is 16.5 Å². The summed E-state index contributed by atoms with van der Waals surface area (Å²) in [7, 11) is 0. The number of nitrogens with zero attached hydrogens (tertiary/aromatic N) is 2. The molecule has 1 aliphatic rings. The number of nitrogens with two attached hydrogens (primary N) is 2. The van der Waals surface area contributed by atoms with Crippen LogP contribution in [0.3, 0.4) is 0 Å². The third kappa shape index (κ3) is 2.52. The number of nitrogen functional groups attached to an aromatic ring is 1. The number of hydrogen-bond acceptors (Lipinski definition) is 6. The molecule has 2 amide bonds. The molecule has 2 aromatic rings. The highest BCUT2D eigenvalue weighted by Crippen LogP contribution is 2.46. The quantitative estimate of drug-likeness (QED) is 0.696. The summed E-state index contributed by atoms with van der Waals surface area (Å²) in [5, 5.41) is 11.5. The van der Waals surface area contributed by atoms with Crippen LogP contribution in [-0.2, 0) is 9.59 Å². The zero-order valence-electron chi connectivity index (χ0n) is 11.7. The molecular formula is C14H15N5O2S. The van der Waals surface area contributed by atoms with Crippen LogP contribution >= 0.6 is 11.3 Å². The number of amides is 2. The minimum atomic E-state index is -1.08. The van der Waals surface area contributed by atoms with Gasteiger partial charge in [-0.15, -0.1) is 10.2 Å². The van der Waals surface area contributed by atoms with Crippen LogP contribution in [0.25, 0.3) is 0 Å². The van der Waals surface area contributed by atoms with Gasteiger partial charge >= 0.3 is 0 Å². The first-order valence-corrected chi connectivity index (χ1v) is 7.59. The molecule has 0 radical (unpaired) electrons. The van der Waals surface area contributed by atoms with Crippen molar-refractivity contribution in [3.63, 3.8) is 0 Å². The lowest BCUT2D eigenvalue weighted by Crippen LogP contribution is -2.42. The summed E-state index contributed by atoms with van der Waals surface area (Å²) in [6, 6.07) is 8.83. The second-order valence-electron chi connectivity index (χ2n) is 5.24. The van der Waals surface area contributed by atoms with Crippen LogP contribution in [0.1, 0.15) is 29.5 Å². The Balaban J connectivity index is 1.90. The number of nitrogens with one attached hydrogen (secondary N) is 1. The van der Waals surface area contributed by atoms with E-state index in [0.717, 1.165) is 5.56 Å². The van der Waals surface area contributed by atoms with Crippen molar-refractivity contribution in [3.05, 3.63) is 40.9 Å². The van der Waals surface area contributed by atoms with Gasteiger partial charge in [-0.25, -0.2) is 0 Å². The van der Waals surface area contributed by atoms with E-state index in [1.165, 1.54) is 11.3 Å². The largest absolute Gasteiger partial charge is 0.374 e. The van der Waals surface area contributed by atoms with Gasteiger partial charge in [0.2, 0.25) is 16.9 Å². The van der Waals surface area contributed by atoms with Crippen molar-refractivity contribution in [2.45, 2.75) is 18.9 Å². The molecule has 1 aromatic carbocycles. The van der Waals surface area contributed by atoms with E-state index in [-0.39, 0.29) is 5.91 Å². The van der Waals surface area contributed by atoms with Crippen molar-refractivity contribution >= 4 is 28.3 Å². The molecule has 5 N–H and O–H groups in total. The maximum atomic E-state index is 12.4. The van der Waals surface area contributed by atoms with E-state index in [1.807, 2.05) is 30.3 Å². The van der Waals surface area contributed by atoms with Crippen molar-refractivity contribution in [2.24, 2.45) is 11.1 Å². The standard InChI is InChI=1S/C14H15N5O2S/c15-11(20)14(6-7-14)12(21)17-9(8-4-2-1-3-5-8)10-18-19-13(16)22-10/h1-5,9H,6-7H2,(H2,15,20)(H2,16,19)(H,17,21). The molecule has 1 heterocycles.